The first kappa shape index (κ1) is 13.4. The van der Waals surface area contributed by atoms with Gasteiger partial charge in [-0.25, -0.2) is 0 Å². The van der Waals surface area contributed by atoms with E-state index >= 15 is 0 Å². The van der Waals surface area contributed by atoms with E-state index in [1.54, 1.807) is 12.1 Å². The Labute approximate surface area is 114 Å². The summed E-state index contributed by atoms with van der Waals surface area (Å²) >= 11 is 0. The number of aryl methyl sites for hydroxylation is 1. The fraction of sp³-hybridized carbons (Fsp3) is 0.500. The molecule has 1 aromatic carbocycles. The minimum atomic E-state index is -4.39. The first-order valence-corrected chi connectivity index (χ1v) is 6.53. The second-order valence-corrected chi connectivity index (χ2v) is 5.59. The number of carbonyl (C=O) groups excluding carboxylic acids is 1. The molecule has 0 radical (unpaired) electrons. The van der Waals surface area contributed by atoms with Gasteiger partial charge in [0.2, 0.25) is 5.91 Å². The Kier molecular flexibility index (Phi) is 2.83. The fourth-order valence-corrected chi connectivity index (χ4v) is 2.74. The van der Waals surface area contributed by atoms with Crippen LogP contribution in [0, 0.1) is 6.92 Å². The number of nitrogens with one attached hydrogen (secondary N) is 1. The van der Waals surface area contributed by atoms with Crippen LogP contribution in [0.1, 0.15) is 30.1 Å². The van der Waals surface area contributed by atoms with Crippen LogP contribution < -0.4 is 5.32 Å². The molecular weight excluding hydrogens is 269 g/mol. The van der Waals surface area contributed by atoms with Crippen molar-refractivity contribution >= 4 is 5.91 Å². The molecule has 6 heteroatoms. The Morgan fingerprint density at radius 1 is 1.40 bits per heavy atom. The lowest BCUT2D eigenvalue weighted by Crippen LogP contribution is -2.39. The molecule has 1 aromatic rings. The van der Waals surface area contributed by atoms with Crippen molar-refractivity contribution in [1.29, 1.82) is 0 Å². The first-order chi connectivity index (χ1) is 9.31. The quantitative estimate of drug-likeness (QED) is 0.905. The maximum absolute atomic E-state index is 12.7. The van der Waals surface area contributed by atoms with Crippen LogP contribution in [0.2, 0.25) is 0 Å². The summed E-state index contributed by atoms with van der Waals surface area (Å²) in [5, 5.41) is 3.08. The molecule has 3 nitrogen and oxygen atoms in total. The van der Waals surface area contributed by atoms with Crippen LogP contribution in [-0.2, 0) is 4.79 Å². The van der Waals surface area contributed by atoms with Crippen molar-refractivity contribution in [2.75, 3.05) is 6.54 Å². The van der Waals surface area contributed by atoms with Gasteiger partial charge in [-0.2, -0.15) is 13.2 Å². The van der Waals surface area contributed by atoms with Crippen molar-refractivity contribution < 1.29 is 18.0 Å². The highest BCUT2D eigenvalue weighted by molar-refractivity contribution is 5.92. The van der Waals surface area contributed by atoms with Crippen molar-refractivity contribution in [1.82, 2.24) is 10.2 Å². The molecule has 3 rings (SSSR count). The summed E-state index contributed by atoms with van der Waals surface area (Å²) in [5.41, 5.74) is 0.909. The summed E-state index contributed by atoms with van der Waals surface area (Å²) in [5.74, 6) is -0.429. The number of rotatable bonds is 2. The van der Waals surface area contributed by atoms with Crippen molar-refractivity contribution in [2.24, 2.45) is 0 Å². The standard InChI is InChI=1S/C14H15F3N2O/c1-9-3-2-4-10(7-9)11-18-13(5-6-13)12(20)19(11)8-14(15,16)17/h2-4,7,11,18H,5-6,8H2,1H3. The van der Waals surface area contributed by atoms with E-state index < -0.39 is 30.3 Å². The lowest BCUT2D eigenvalue weighted by atomic mass is 10.1. The molecule has 1 saturated carbocycles. The maximum atomic E-state index is 12.7. The lowest BCUT2D eigenvalue weighted by molar-refractivity contribution is -0.162. The van der Waals surface area contributed by atoms with E-state index in [0.717, 1.165) is 10.5 Å². The minimum absolute atomic E-state index is 0.429. The van der Waals surface area contributed by atoms with Gasteiger partial charge in [-0.3, -0.25) is 10.1 Å². The van der Waals surface area contributed by atoms with Gasteiger partial charge in [-0.1, -0.05) is 29.8 Å². The van der Waals surface area contributed by atoms with Crippen molar-refractivity contribution in [2.45, 2.75) is 37.6 Å². The summed E-state index contributed by atoms with van der Waals surface area (Å²) < 4.78 is 38.1. The van der Waals surface area contributed by atoms with Crippen LogP contribution >= 0.6 is 0 Å². The molecule has 0 bridgehead atoms. The first-order valence-electron chi connectivity index (χ1n) is 6.53. The second-order valence-electron chi connectivity index (χ2n) is 5.59. The number of nitrogens with zero attached hydrogens (tertiary/aromatic N) is 1. The zero-order chi connectivity index (χ0) is 14.5. The van der Waals surface area contributed by atoms with Gasteiger partial charge in [-0.05, 0) is 25.3 Å². The third-order valence-corrected chi connectivity index (χ3v) is 3.85. The van der Waals surface area contributed by atoms with Crippen molar-refractivity contribution in [3.63, 3.8) is 0 Å². The number of alkyl halides is 3. The van der Waals surface area contributed by atoms with Gasteiger partial charge in [0, 0.05) is 0 Å². The zero-order valence-corrected chi connectivity index (χ0v) is 11.0. The van der Waals surface area contributed by atoms with Gasteiger partial charge in [0.15, 0.2) is 0 Å². The third-order valence-electron chi connectivity index (χ3n) is 3.85. The highest BCUT2D eigenvalue weighted by Crippen LogP contribution is 2.46. The molecule has 1 spiro atoms. The normalized spacial score (nSPS) is 24.5. The monoisotopic (exact) mass is 284 g/mol. The Balaban J connectivity index is 1.93. The summed E-state index contributed by atoms with van der Waals surface area (Å²) in [6.07, 6.45) is -3.85. The molecule has 2 aliphatic rings. The number of hydrogen-bond donors (Lipinski definition) is 1. The summed E-state index contributed by atoms with van der Waals surface area (Å²) in [4.78, 5) is 13.1. The Hall–Kier alpha value is -1.56. The van der Waals surface area contributed by atoms with Crippen LogP contribution in [0.5, 0.6) is 0 Å². The molecule has 1 N–H and O–H groups in total. The maximum Gasteiger partial charge on any atom is 0.406 e. The van der Waals surface area contributed by atoms with Gasteiger partial charge >= 0.3 is 6.18 Å². The number of amides is 1. The average molecular weight is 284 g/mol. The predicted molar refractivity (Wildman–Crippen MR) is 66.8 cm³/mol. The number of halogens is 3. The molecular formula is C14H15F3N2O. The molecule has 2 fully saturated rings. The second kappa shape index (κ2) is 4.22. The lowest BCUT2D eigenvalue weighted by Gasteiger charge is -2.25. The van der Waals surface area contributed by atoms with E-state index in [-0.39, 0.29) is 0 Å². The Bertz CT molecular complexity index is 552. The molecule has 1 amide bonds. The smallest absolute Gasteiger partial charge is 0.312 e. The molecule has 0 aromatic heterocycles. The van der Waals surface area contributed by atoms with E-state index in [9.17, 15) is 18.0 Å². The van der Waals surface area contributed by atoms with Crippen LogP contribution in [0.3, 0.4) is 0 Å². The van der Waals surface area contributed by atoms with Crippen LogP contribution in [0.25, 0.3) is 0 Å². The van der Waals surface area contributed by atoms with Crippen LogP contribution in [-0.4, -0.2) is 29.1 Å². The molecule has 108 valence electrons. The fourth-order valence-electron chi connectivity index (χ4n) is 2.74. The highest BCUT2D eigenvalue weighted by Gasteiger charge is 2.60. The summed E-state index contributed by atoms with van der Waals surface area (Å²) in [6.45, 7) is 0.667. The van der Waals surface area contributed by atoms with Gasteiger partial charge in [0.1, 0.15) is 18.2 Å². The number of hydrogen-bond acceptors (Lipinski definition) is 2. The van der Waals surface area contributed by atoms with Crippen LogP contribution in [0.4, 0.5) is 13.2 Å². The van der Waals surface area contributed by atoms with Crippen molar-refractivity contribution in [3.05, 3.63) is 35.4 Å². The van der Waals surface area contributed by atoms with Crippen molar-refractivity contribution in [3.8, 4) is 0 Å². The predicted octanol–water partition coefficient (Wildman–Crippen LogP) is 2.52. The van der Waals surface area contributed by atoms with E-state index in [0.29, 0.717) is 18.4 Å². The average Bonchev–Trinajstić information content (AvgIpc) is 3.07. The molecule has 20 heavy (non-hydrogen) atoms. The number of carbonyl (C=O) groups is 1. The molecule has 1 saturated heterocycles. The molecule has 1 heterocycles. The Morgan fingerprint density at radius 2 is 2.10 bits per heavy atom. The SMILES string of the molecule is Cc1cccc(C2NC3(CC3)C(=O)N2CC(F)(F)F)c1. The van der Waals surface area contributed by atoms with E-state index in [4.69, 9.17) is 0 Å². The summed E-state index contributed by atoms with van der Waals surface area (Å²) in [6, 6.07) is 7.24. The van der Waals surface area contributed by atoms with E-state index in [1.807, 2.05) is 19.1 Å². The molecule has 1 aliphatic carbocycles. The minimum Gasteiger partial charge on any atom is -0.312 e. The molecule has 1 atom stereocenters. The van der Waals surface area contributed by atoms with E-state index in [2.05, 4.69) is 5.32 Å². The van der Waals surface area contributed by atoms with Gasteiger partial charge in [-0.15, -0.1) is 0 Å². The largest absolute Gasteiger partial charge is 0.406 e. The van der Waals surface area contributed by atoms with Gasteiger partial charge < -0.3 is 4.90 Å². The van der Waals surface area contributed by atoms with Gasteiger partial charge in [0.25, 0.3) is 0 Å². The van der Waals surface area contributed by atoms with E-state index in [1.165, 1.54) is 0 Å². The molecule has 1 aliphatic heterocycles. The zero-order valence-electron chi connectivity index (χ0n) is 11.0. The summed E-state index contributed by atoms with van der Waals surface area (Å²) in [7, 11) is 0. The number of benzene rings is 1. The highest BCUT2D eigenvalue weighted by atomic mass is 19.4. The Morgan fingerprint density at radius 3 is 2.65 bits per heavy atom. The molecule has 1 unspecified atom stereocenters. The van der Waals surface area contributed by atoms with Crippen LogP contribution in [0.15, 0.2) is 24.3 Å². The van der Waals surface area contributed by atoms with Gasteiger partial charge in [0.05, 0.1) is 0 Å². The third kappa shape index (κ3) is 2.28. The topological polar surface area (TPSA) is 32.3 Å².